The standard InChI is InChI=1S/C9H8N2O3.C8H10N2O2/c1-11-7-3-2-5(8(12)13)4-6(7)10-9(11)14;1-10-7-3-2-5(8(11)12)4-6(7)9/h2-4H,1H3,(H,10,14)(H,12,13);2-4,10H,9H2,1H3,(H,11,12). The van der Waals surface area contributed by atoms with Crippen LogP contribution in [0, 0.1) is 0 Å². The molecule has 1 heterocycles. The Kier molecular flexibility index (Phi) is 5.31. The number of fused-ring (bicyclic) bond motifs is 1. The summed E-state index contributed by atoms with van der Waals surface area (Å²) in [6.07, 6.45) is 0. The molecule has 0 aliphatic heterocycles. The van der Waals surface area contributed by atoms with Crippen molar-refractivity contribution in [1.29, 1.82) is 0 Å². The molecular weight excluding hydrogens is 340 g/mol. The molecule has 136 valence electrons. The molecule has 0 saturated carbocycles. The predicted molar refractivity (Wildman–Crippen MR) is 97.9 cm³/mol. The number of benzene rings is 2. The van der Waals surface area contributed by atoms with E-state index < -0.39 is 11.9 Å². The van der Waals surface area contributed by atoms with Gasteiger partial charge < -0.3 is 26.2 Å². The number of nitrogens with two attached hydrogens (primary N) is 1. The zero-order chi connectivity index (χ0) is 19.4. The van der Waals surface area contributed by atoms with Crippen LogP contribution in [0.4, 0.5) is 11.4 Å². The van der Waals surface area contributed by atoms with Gasteiger partial charge in [-0.2, -0.15) is 0 Å². The van der Waals surface area contributed by atoms with Crippen LogP contribution in [0.3, 0.4) is 0 Å². The van der Waals surface area contributed by atoms with Gasteiger partial charge in [0.2, 0.25) is 0 Å². The fourth-order valence-corrected chi connectivity index (χ4v) is 2.29. The highest BCUT2D eigenvalue weighted by Crippen LogP contribution is 2.18. The van der Waals surface area contributed by atoms with Crippen molar-refractivity contribution in [2.45, 2.75) is 0 Å². The molecule has 0 saturated heterocycles. The molecule has 0 fully saturated rings. The first-order chi connectivity index (χ1) is 12.2. The topological polar surface area (TPSA) is 150 Å². The van der Waals surface area contributed by atoms with E-state index in [1.807, 2.05) is 0 Å². The van der Waals surface area contributed by atoms with Gasteiger partial charge in [-0.15, -0.1) is 0 Å². The normalized spacial score (nSPS) is 10.1. The Labute approximate surface area is 147 Å². The quantitative estimate of drug-likeness (QED) is 0.446. The fraction of sp³-hybridized carbons (Fsp3) is 0.118. The Bertz CT molecular complexity index is 1040. The second-order valence-corrected chi connectivity index (χ2v) is 5.38. The number of nitrogen functional groups attached to an aromatic ring is 1. The number of anilines is 2. The second-order valence-electron chi connectivity index (χ2n) is 5.38. The van der Waals surface area contributed by atoms with Crippen molar-refractivity contribution in [2.24, 2.45) is 7.05 Å². The van der Waals surface area contributed by atoms with E-state index in [9.17, 15) is 14.4 Å². The maximum absolute atomic E-state index is 11.2. The Morgan fingerprint density at radius 3 is 2.19 bits per heavy atom. The van der Waals surface area contributed by atoms with Gasteiger partial charge in [-0.25, -0.2) is 14.4 Å². The average Bonchev–Trinajstić information content (AvgIpc) is 2.89. The van der Waals surface area contributed by atoms with Crippen molar-refractivity contribution in [3.05, 3.63) is 58.0 Å². The van der Waals surface area contributed by atoms with Gasteiger partial charge in [-0.3, -0.25) is 4.57 Å². The Hall–Kier alpha value is -3.75. The van der Waals surface area contributed by atoms with E-state index in [0.717, 1.165) is 5.69 Å². The van der Waals surface area contributed by atoms with E-state index in [4.69, 9.17) is 15.9 Å². The number of nitrogens with one attached hydrogen (secondary N) is 2. The third kappa shape index (κ3) is 3.83. The van der Waals surface area contributed by atoms with Gasteiger partial charge in [0.1, 0.15) is 0 Å². The molecule has 9 heteroatoms. The molecular formula is C17H18N4O5. The van der Waals surface area contributed by atoms with Crippen molar-refractivity contribution < 1.29 is 19.8 Å². The molecule has 0 radical (unpaired) electrons. The van der Waals surface area contributed by atoms with Crippen molar-refractivity contribution in [1.82, 2.24) is 9.55 Å². The van der Waals surface area contributed by atoms with Crippen LogP contribution in [0.15, 0.2) is 41.2 Å². The van der Waals surface area contributed by atoms with Crippen LogP contribution in [-0.4, -0.2) is 38.8 Å². The van der Waals surface area contributed by atoms with Crippen LogP contribution in [0.2, 0.25) is 0 Å². The molecule has 3 rings (SSSR count). The van der Waals surface area contributed by atoms with E-state index in [0.29, 0.717) is 16.7 Å². The van der Waals surface area contributed by atoms with Crippen LogP contribution in [0.5, 0.6) is 0 Å². The molecule has 0 atom stereocenters. The summed E-state index contributed by atoms with van der Waals surface area (Å²) in [7, 11) is 3.35. The minimum Gasteiger partial charge on any atom is -0.478 e. The number of aryl methyl sites for hydroxylation is 1. The Morgan fingerprint density at radius 1 is 1.08 bits per heavy atom. The molecule has 6 N–H and O–H groups in total. The van der Waals surface area contributed by atoms with Crippen molar-refractivity contribution in [3.8, 4) is 0 Å². The SMILES string of the molecule is CNc1ccc(C(=O)O)cc1N.Cn1c(=O)[nH]c2cc(C(=O)O)ccc21. The molecule has 0 unspecified atom stereocenters. The third-order valence-corrected chi connectivity index (χ3v) is 3.72. The number of carboxylic acids is 2. The lowest BCUT2D eigenvalue weighted by Crippen LogP contribution is -2.11. The zero-order valence-corrected chi connectivity index (χ0v) is 14.1. The van der Waals surface area contributed by atoms with Crippen LogP contribution >= 0.6 is 0 Å². The molecule has 0 amide bonds. The summed E-state index contributed by atoms with van der Waals surface area (Å²) in [5, 5.41) is 20.2. The maximum Gasteiger partial charge on any atom is 0.335 e. The highest BCUT2D eigenvalue weighted by atomic mass is 16.4. The lowest BCUT2D eigenvalue weighted by Gasteiger charge is -2.04. The number of carbonyl (C=O) groups is 2. The summed E-state index contributed by atoms with van der Waals surface area (Å²) in [6, 6.07) is 9.09. The van der Waals surface area contributed by atoms with Crippen LogP contribution < -0.4 is 16.7 Å². The highest BCUT2D eigenvalue weighted by molar-refractivity contribution is 5.92. The molecule has 3 aromatic rings. The molecule has 0 aliphatic rings. The number of hydrogen-bond acceptors (Lipinski definition) is 5. The van der Waals surface area contributed by atoms with Gasteiger partial charge in [-0.1, -0.05) is 0 Å². The molecule has 0 bridgehead atoms. The largest absolute Gasteiger partial charge is 0.478 e. The summed E-state index contributed by atoms with van der Waals surface area (Å²) in [4.78, 5) is 34.9. The smallest absolute Gasteiger partial charge is 0.335 e. The van der Waals surface area contributed by atoms with Gasteiger partial charge in [0.05, 0.1) is 33.5 Å². The maximum atomic E-state index is 11.2. The molecule has 9 nitrogen and oxygen atoms in total. The molecule has 2 aromatic carbocycles. The lowest BCUT2D eigenvalue weighted by atomic mass is 10.2. The number of hydrogen-bond donors (Lipinski definition) is 5. The van der Waals surface area contributed by atoms with Gasteiger partial charge in [0.25, 0.3) is 0 Å². The molecule has 0 spiro atoms. The third-order valence-electron chi connectivity index (χ3n) is 3.72. The summed E-state index contributed by atoms with van der Waals surface area (Å²) in [6.45, 7) is 0. The number of nitrogens with zero attached hydrogens (tertiary/aromatic N) is 1. The van der Waals surface area contributed by atoms with E-state index >= 15 is 0 Å². The van der Waals surface area contributed by atoms with Crippen molar-refractivity contribution in [3.63, 3.8) is 0 Å². The Balaban J connectivity index is 0.000000190. The summed E-state index contributed by atoms with van der Waals surface area (Å²) >= 11 is 0. The summed E-state index contributed by atoms with van der Waals surface area (Å²) in [5.74, 6) is -1.97. The first-order valence-electron chi connectivity index (χ1n) is 7.47. The summed E-state index contributed by atoms with van der Waals surface area (Å²) < 4.78 is 1.43. The van der Waals surface area contributed by atoms with Gasteiger partial charge >= 0.3 is 17.6 Å². The number of aromatic carboxylic acids is 2. The van der Waals surface area contributed by atoms with E-state index in [1.165, 1.54) is 28.8 Å². The van der Waals surface area contributed by atoms with Crippen LogP contribution in [0.25, 0.3) is 11.0 Å². The van der Waals surface area contributed by atoms with E-state index in [-0.39, 0.29) is 16.8 Å². The fourth-order valence-electron chi connectivity index (χ4n) is 2.29. The predicted octanol–water partition coefficient (Wildman–Crippen LogP) is 1.57. The van der Waals surface area contributed by atoms with E-state index in [2.05, 4.69) is 10.3 Å². The first kappa shape index (κ1) is 18.6. The van der Waals surface area contributed by atoms with Crippen LogP contribution in [0.1, 0.15) is 20.7 Å². The average molecular weight is 358 g/mol. The van der Waals surface area contributed by atoms with Gasteiger partial charge in [0, 0.05) is 14.1 Å². The number of aromatic amines is 1. The molecule has 0 aliphatic carbocycles. The monoisotopic (exact) mass is 358 g/mol. The number of carboxylic acid groups (broad SMARTS) is 2. The number of H-pyrrole nitrogens is 1. The first-order valence-corrected chi connectivity index (χ1v) is 7.47. The lowest BCUT2D eigenvalue weighted by molar-refractivity contribution is 0.0686. The minimum atomic E-state index is -1.00. The van der Waals surface area contributed by atoms with Gasteiger partial charge in [-0.05, 0) is 36.4 Å². The van der Waals surface area contributed by atoms with Crippen molar-refractivity contribution in [2.75, 3.05) is 18.1 Å². The van der Waals surface area contributed by atoms with E-state index in [1.54, 1.807) is 26.2 Å². The van der Waals surface area contributed by atoms with Gasteiger partial charge in [0.15, 0.2) is 0 Å². The van der Waals surface area contributed by atoms with Crippen molar-refractivity contribution >= 4 is 34.3 Å². The number of imidazole rings is 1. The number of rotatable bonds is 3. The molecule has 26 heavy (non-hydrogen) atoms. The zero-order valence-electron chi connectivity index (χ0n) is 14.1. The highest BCUT2D eigenvalue weighted by Gasteiger charge is 2.07. The summed E-state index contributed by atoms with van der Waals surface area (Å²) in [5.41, 5.74) is 8.07. The number of aromatic nitrogens is 2. The Morgan fingerprint density at radius 2 is 1.65 bits per heavy atom. The molecule has 1 aromatic heterocycles. The second kappa shape index (κ2) is 7.43. The minimum absolute atomic E-state index is 0.166. The van der Waals surface area contributed by atoms with Crippen LogP contribution in [-0.2, 0) is 7.05 Å².